The van der Waals surface area contributed by atoms with E-state index in [1.165, 1.54) is 18.2 Å². The second-order valence-corrected chi connectivity index (χ2v) is 12.0. The number of hydrogen-bond donors (Lipinski definition) is 1. The minimum atomic E-state index is -4.74. The summed E-state index contributed by atoms with van der Waals surface area (Å²) in [6.07, 6.45) is -3.73. The Morgan fingerprint density at radius 2 is 1.85 bits per heavy atom. The van der Waals surface area contributed by atoms with Crippen molar-refractivity contribution in [1.29, 1.82) is 0 Å². The van der Waals surface area contributed by atoms with Gasteiger partial charge in [-0.2, -0.15) is 17.5 Å². The molecule has 182 valence electrons. The van der Waals surface area contributed by atoms with E-state index in [2.05, 4.69) is 5.32 Å². The Bertz CT molecular complexity index is 1250. The smallest absolute Gasteiger partial charge is 0.380 e. The predicted molar refractivity (Wildman–Crippen MR) is 118 cm³/mol. The van der Waals surface area contributed by atoms with E-state index in [0.29, 0.717) is 11.6 Å². The molecular formula is C20H22ClF3N2O5S2. The van der Waals surface area contributed by atoms with Gasteiger partial charge in [-0.05, 0) is 48.9 Å². The molecule has 1 saturated heterocycles. The van der Waals surface area contributed by atoms with Gasteiger partial charge in [0.2, 0.25) is 10.0 Å². The molecule has 7 nitrogen and oxygen atoms in total. The summed E-state index contributed by atoms with van der Waals surface area (Å²) >= 11 is 6.00. The van der Waals surface area contributed by atoms with Crippen LogP contribution in [0.2, 0.25) is 5.02 Å². The summed E-state index contributed by atoms with van der Waals surface area (Å²) in [6, 6.07) is 5.97. The van der Waals surface area contributed by atoms with E-state index in [9.17, 15) is 30.0 Å². The first-order valence-electron chi connectivity index (χ1n) is 9.74. The van der Waals surface area contributed by atoms with Gasteiger partial charge in [-0.1, -0.05) is 11.6 Å². The zero-order valence-electron chi connectivity index (χ0n) is 17.7. The summed E-state index contributed by atoms with van der Waals surface area (Å²) in [5.41, 5.74) is -0.747. The Morgan fingerprint density at radius 1 is 1.15 bits per heavy atom. The minimum Gasteiger partial charge on any atom is -0.380 e. The minimum absolute atomic E-state index is 0.00516. The van der Waals surface area contributed by atoms with Gasteiger partial charge in [0.05, 0.1) is 29.4 Å². The van der Waals surface area contributed by atoms with Crippen LogP contribution >= 0.6 is 11.6 Å². The first-order chi connectivity index (χ1) is 15.2. The number of alkyl halides is 3. The third kappa shape index (κ3) is 5.99. The van der Waals surface area contributed by atoms with Gasteiger partial charge >= 0.3 is 6.18 Å². The fourth-order valence-corrected chi connectivity index (χ4v) is 6.21. The summed E-state index contributed by atoms with van der Waals surface area (Å²) in [4.78, 5) is -0.564. The van der Waals surface area contributed by atoms with Crippen LogP contribution in [0, 0.1) is 0 Å². The Labute approximate surface area is 195 Å². The lowest BCUT2D eigenvalue weighted by Gasteiger charge is -2.33. The van der Waals surface area contributed by atoms with Crippen molar-refractivity contribution in [3.63, 3.8) is 0 Å². The largest absolute Gasteiger partial charge is 0.416 e. The molecule has 0 bridgehead atoms. The molecule has 0 amide bonds. The van der Waals surface area contributed by atoms with Gasteiger partial charge in [-0.25, -0.2) is 16.8 Å². The van der Waals surface area contributed by atoms with Crippen molar-refractivity contribution in [2.75, 3.05) is 31.3 Å². The molecule has 0 unspecified atom stereocenters. The molecule has 1 atom stereocenters. The third-order valence-corrected chi connectivity index (χ3v) is 8.41. The molecule has 33 heavy (non-hydrogen) atoms. The molecule has 3 rings (SSSR count). The Hall–Kier alpha value is -1.86. The van der Waals surface area contributed by atoms with E-state index in [1.807, 2.05) is 0 Å². The molecule has 0 aliphatic carbocycles. The lowest BCUT2D eigenvalue weighted by atomic mass is 10.2. The van der Waals surface area contributed by atoms with E-state index < -0.39 is 42.5 Å². The highest BCUT2D eigenvalue weighted by Gasteiger charge is 2.37. The maximum Gasteiger partial charge on any atom is 0.416 e. The molecule has 0 saturated carbocycles. The molecule has 1 heterocycles. The monoisotopic (exact) mass is 526 g/mol. The quantitative estimate of drug-likeness (QED) is 0.616. The summed E-state index contributed by atoms with van der Waals surface area (Å²) in [5, 5.41) is 2.97. The van der Waals surface area contributed by atoms with E-state index in [-0.39, 0.29) is 41.9 Å². The zero-order valence-corrected chi connectivity index (χ0v) is 20.1. The van der Waals surface area contributed by atoms with Crippen molar-refractivity contribution in [3.05, 3.63) is 52.5 Å². The van der Waals surface area contributed by atoms with E-state index in [1.54, 1.807) is 6.92 Å². The number of ether oxygens (including phenoxy) is 1. The number of benzene rings is 2. The second-order valence-electron chi connectivity index (χ2n) is 7.67. The molecule has 2 aromatic rings. The molecule has 1 N–H and O–H groups in total. The van der Waals surface area contributed by atoms with Crippen molar-refractivity contribution in [3.8, 4) is 0 Å². The average molecular weight is 527 g/mol. The van der Waals surface area contributed by atoms with Crippen molar-refractivity contribution < 1.29 is 34.7 Å². The SMILES string of the molecule is C[C@@H]1COCCN1S(=O)(=O)c1cc(C(F)(F)F)ccc1NCc1cc(Cl)cc(S(C)(=O)=O)c1. The summed E-state index contributed by atoms with van der Waals surface area (Å²) in [6.45, 7) is 1.79. The number of halogens is 4. The third-order valence-electron chi connectivity index (χ3n) is 5.04. The molecule has 1 aliphatic heterocycles. The van der Waals surface area contributed by atoms with Crippen molar-refractivity contribution in [1.82, 2.24) is 4.31 Å². The number of nitrogens with zero attached hydrogens (tertiary/aromatic N) is 1. The van der Waals surface area contributed by atoms with Crippen LogP contribution in [0.25, 0.3) is 0 Å². The molecule has 0 radical (unpaired) electrons. The van der Waals surface area contributed by atoms with Gasteiger partial charge in [0.15, 0.2) is 9.84 Å². The van der Waals surface area contributed by atoms with Gasteiger partial charge in [-0.3, -0.25) is 0 Å². The summed E-state index contributed by atoms with van der Waals surface area (Å²) < 4.78 is 96.7. The number of sulfone groups is 1. The molecule has 0 spiro atoms. The Morgan fingerprint density at radius 3 is 2.45 bits per heavy atom. The topological polar surface area (TPSA) is 92.8 Å². The van der Waals surface area contributed by atoms with Crippen LogP contribution in [0.1, 0.15) is 18.1 Å². The number of rotatable bonds is 6. The molecule has 1 fully saturated rings. The fourth-order valence-electron chi connectivity index (χ4n) is 3.39. The molecule has 0 aromatic heterocycles. The molecule has 2 aromatic carbocycles. The molecule has 13 heteroatoms. The molecule has 1 aliphatic rings. The van der Waals surface area contributed by atoms with E-state index in [0.717, 1.165) is 22.7 Å². The summed E-state index contributed by atoms with van der Waals surface area (Å²) in [5.74, 6) is 0. The standard InChI is InChI=1S/C20H22ClF3N2O5S2/c1-13-12-31-6-5-26(13)33(29,30)19-9-15(20(22,23)24)3-4-18(19)25-11-14-7-16(21)10-17(8-14)32(2,27)28/h3-4,7-10,13,25H,5-6,11-12H2,1-2H3/t13-/m1/s1. The number of sulfonamides is 1. The van der Waals surface area contributed by atoms with Gasteiger partial charge < -0.3 is 10.1 Å². The van der Waals surface area contributed by atoms with Crippen LogP contribution in [0.4, 0.5) is 18.9 Å². The highest BCUT2D eigenvalue weighted by molar-refractivity contribution is 7.90. The average Bonchev–Trinajstić information content (AvgIpc) is 2.70. The van der Waals surface area contributed by atoms with Crippen LogP contribution < -0.4 is 5.32 Å². The van der Waals surface area contributed by atoms with Gasteiger partial charge in [-0.15, -0.1) is 0 Å². The fraction of sp³-hybridized carbons (Fsp3) is 0.400. The normalized spacial score (nSPS) is 18.3. The van der Waals surface area contributed by atoms with Gasteiger partial charge in [0, 0.05) is 30.4 Å². The van der Waals surface area contributed by atoms with Crippen LogP contribution in [0.15, 0.2) is 46.2 Å². The number of hydrogen-bond acceptors (Lipinski definition) is 6. The van der Waals surface area contributed by atoms with Gasteiger partial charge in [0.25, 0.3) is 0 Å². The summed E-state index contributed by atoms with van der Waals surface area (Å²) in [7, 11) is -7.86. The first-order valence-corrected chi connectivity index (χ1v) is 13.4. The second kappa shape index (κ2) is 9.41. The lowest BCUT2D eigenvalue weighted by molar-refractivity contribution is -0.137. The van der Waals surface area contributed by atoms with E-state index >= 15 is 0 Å². The maximum atomic E-state index is 13.3. The van der Waals surface area contributed by atoms with Crippen molar-refractivity contribution >= 4 is 37.1 Å². The van der Waals surface area contributed by atoms with E-state index in [4.69, 9.17) is 16.3 Å². The zero-order chi connectivity index (χ0) is 24.6. The molecular weight excluding hydrogens is 505 g/mol. The van der Waals surface area contributed by atoms with Crippen molar-refractivity contribution in [2.45, 2.75) is 35.5 Å². The highest BCUT2D eigenvalue weighted by Crippen LogP contribution is 2.35. The van der Waals surface area contributed by atoms with Crippen LogP contribution in [0.3, 0.4) is 0 Å². The number of morpholine rings is 1. The highest BCUT2D eigenvalue weighted by atomic mass is 35.5. The van der Waals surface area contributed by atoms with Gasteiger partial charge in [0.1, 0.15) is 4.90 Å². The lowest BCUT2D eigenvalue weighted by Crippen LogP contribution is -2.47. The predicted octanol–water partition coefficient (Wildman–Crippen LogP) is 3.78. The Kier molecular flexibility index (Phi) is 7.35. The maximum absolute atomic E-state index is 13.3. The van der Waals surface area contributed by atoms with Crippen LogP contribution in [-0.4, -0.2) is 53.2 Å². The number of anilines is 1. The number of nitrogens with one attached hydrogen (secondary N) is 1. The Balaban J connectivity index is 2.01. The van der Waals surface area contributed by atoms with Crippen molar-refractivity contribution in [2.24, 2.45) is 0 Å². The van der Waals surface area contributed by atoms with Crippen LogP contribution in [0.5, 0.6) is 0 Å². The van der Waals surface area contributed by atoms with Crippen LogP contribution in [-0.2, 0) is 37.3 Å². The first kappa shape index (κ1) is 25.8.